The summed E-state index contributed by atoms with van der Waals surface area (Å²) in [6, 6.07) is 5.43. The van der Waals surface area contributed by atoms with Crippen LogP contribution in [0.25, 0.3) is 0 Å². The van der Waals surface area contributed by atoms with Crippen LogP contribution in [0.2, 0.25) is 0 Å². The summed E-state index contributed by atoms with van der Waals surface area (Å²) >= 11 is 0. The van der Waals surface area contributed by atoms with Gasteiger partial charge in [0.15, 0.2) is 0 Å². The molecule has 0 bridgehead atoms. The first-order chi connectivity index (χ1) is 12.7. The van der Waals surface area contributed by atoms with E-state index < -0.39 is 0 Å². The van der Waals surface area contributed by atoms with Gasteiger partial charge in [-0.1, -0.05) is 0 Å². The molecule has 1 aromatic heterocycles. The Bertz CT molecular complexity index is 800. The minimum atomic E-state index is -0.332. The Kier molecular flexibility index (Phi) is 4.53. The third-order valence-electron chi connectivity index (χ3n) is 5.14. The molecule has 0 spiro atoms. The van der Waals surface area contributed by atoms with Gasteiger partial charge in [0.1, 0.15) is 5.75 Å². The Morgan fingerprint density at radius 1 is 1.31 bits per heavy atom. The van der Waals surface area contributed by atoms with Gasteiger partial charge in [-0.15, -0.1) is 0 Å². The lowest BCUT2D eigenvalue weighted by atomic mass is 9.96. The highest BCUT2D eigenvalue weighted by atomic mass is 16.5. The summed E-state index contributed by atoms with van der Waals surface area (Å²) in [6.45, 7) is 1.78. The van der Waals surface area contributed by atoms with E-state index in [0.29, 0.717) is 23.3 Å². The third kappa shape index (κ3) is 3.38. The monoisotopic (exact) mass is 357 g/mol. The highest BCUT2D eigenvalue weighted by Crippen LogP contribution is 2.39. The zero-order valence-corrected chi connectivity index (χ0v) is 15.1. The summed E-state index contributed by atoms with van der Waals surface area (Å²) < 4.78 is 15.7. The minimum absolute atomic E-state index is 0.332. The summed E-state index contributed by atoms with van der Waals surface area (Å²) in [5, 5.41) is 4.14. The maximum atomic E-state index is 11.8. The fraction of sp³-hybridized carbons (Fsp3) is 0.526. The quantitative estimate of drug-likeness (QED) is 0.736. The standard InChI is InChI=1S/C19H23N3O4/c1-24-16-6-5-14(18(23)25-2)10-15(16)9-12-7-8-22(11-12)19-20-17(26-21-19)13-3-4-13/h5-6,10,12-13H,3-4,7-9,11H2,1-2H3. The molecule has 2 heterocycles. The molecule has 138 valence electrons. The number of hydrogen-bond acceptors (Lipinski definition) is 7. The number of nitrogens with zero attached hydrogens (tertiary/aromatic N) is 3. The molecule has 1 unspecified atom stereocenters. The number of rotatable bonds is 6. The molecule has 1 aliphatic carbocycles. The van der Waals surface area contributed by atoms with E-state index in [0.717, 1.165) is 56.0 Å². The molecular formula is C19H23N3O4. The van der Waals surface area contributed by atoms with Crippen LogP contribution >= 0.6 is 0 Å². The van der Waals surface area contributed by atoms with Gasteiger partial charge in [0, 0.05) is 19.0 Å². The number of ether oxygens (including phenoxy) is 2. The average Bonchev–Trinajstić information content (AvgIpc) is 3.21. The SMILES string of the molecule is COC(=O)c1ccc(OC)c(CC2CCN(c3noc(C4CC4)n3)C2)c1. The van der Waals surface area contributed by atoms with E-state index in [-0.39, 0.29) is 5.97 Å². The van der Waals surface area contributed by atoms with Gasteiger partial charge in [-0.25, -0.2) is 4.79 Å². The molecule has 7 nitrogen and oxygen atoms in total. The van der Waals surface area contributed by atoms with Crippen molar-refractivity contribution in [3.63, 3.8) is 0 Å². The van der Waals surface area contributed by atoms with Crippen molar-refractivity contribution in [2.45, 2.75) is 31.6 Å². The second-order valence-electron chi connectivity index (χ2n) is 7.03. The van der Waals surface area contributed by atoms with Gasteiger partial charge < -0.3 is 18.9 Å². The minimum Gasteiger partial charge on any atom is -0.496 e. The fourth-order valence-electron chi connectivity index (χ4n) is 3.53. The van der Waals surface area contributed by atoms with Gasteiger partial charge in [0.2, 0.25) is 5.89 Å². The molecule has 4 rings (SSSR count). The van der Waals surface area contributed by atoms with E-state index in [1.807, 2.05) is 12.1 Å². The van der Waals surface area contributed by atoms with Crippen molar-refractivity contribution in [1.29, 1.82) is 0 Å². The molecule has 2 fully saturated rings. The number of methoxy groups -OCH3 is 2. The first-order valence-corrected chi connectivity index (χ1v) is 9.01. The number of anilines is 1. The van der Waals surface area contributed by atoms with Crippen LogP contribution in [0.5, 0.6) is 5.75 Å². The fourth-order valence-corrected chi connectivity index (χ4v) is 3.53. The van der Waals surface area contributed by atoms with Crippen LogP contribution in [0.15, 0.2) is 22.7 Å². The first-order valence-electron chi connectivity index (χ1n) is 9.01. The number of benzene rings is 1. The molecule has 1 atom stereocenters. The largest absolute Gasteiger partial charge is 0.496 e. The van der Waals surface area contributed by atoms with Crippen molar-refractivity contribution in [2.24, 2.45) is 5.92 Å². The predicted octanol–water partition coefficient (Wildman–Crippen LogP) is 2.81. The van der Waals surface area contributed by atoms with Crippen molar-refractivity contribution in [3.05, 3.63) is 35.2 Å². The topological polar surface area (TPSA) is 77.7 Å². The lowest BCUT2D eigenvalue weighted by Crippen LogP contribution is -2.21. The molecule has 2 aliphatic rings. The van der Waals surface area contributed by atoms with Gasteiger partial charge in [-0.2, -0.15) is 4.98 Å². The van der Waals surface area contributed by atoms with E-state index in [1.54, 1.807) is 13.2 Å². The third-order valence-corrected chi connectivity index (χ3v) is 5.14. The molecule has 2 aromatic rings. The van der Waals surface area contributed by atoms with Crippen LogP contribution < -0.4 is 9.64 Å². The highest BCUT2D eigenvalue weighted by molar-refractivity contribution is 5.89. The number of hydrogen-bond donors (Lipinski definition) is 0. The molecule has 1 aromatic carbocycles. The number of aromatic nitrogens is 2. The van der Waals surface area contributed by atoms with Gasteiger partial charge in [0.05, 0.1) is 19.8 Å². The Labute approximate surface area is 152 Å². The van der Waals surface area contributed by atoms with Crippen molar-refractivity contribution in [2.75, 3.05) is 32.2 Å². The molecule has 1 saturated carbocycles. The van der Waals surface area contributed by atoms with Crippen LogP contribution in [0.3, 0.4) is 0 Å². The molecule has 1 aliphatic heterocycles. The van der Waals surface area contributed by atoms with Gasteiger partial charge in [-0.05, 0) is 60.5 Å². The number of carbonyl (C=O) groups excluding carboxylic acids is 1. The molecule has 26 heavy (non-hydrogen) atoms. The van der Waals surface area contributed by atoms with Gasteiger partial charge in [-0.3, -0.25) is 0 Å². The zero-order valence-electron chi connectivity index (χ0n) is 15.1. The lowest BCUT2D eigenvalue weighted by Gasteiger charge is -2.15. The smallest absolute Gasteiger partial charge is 0.337 e. The number of esters is 1. The van der Waals surface area contributed by atoms with Crippen LogP contribution in [0.1, 0.15) is 47.0 Å². The van der Waals surface area contributed by atoms with E-state index in [4.69, 9.17) is 14.0 Å². The second-order valence-corrected chi connectivity index (χ2v) is 7.03. The Morgan fingerprint density at radius 2 is 2.15 bits per heavy atom. The van der Waals surface area contributed by atoms with E-state index in [2.05, 4.69) is 15.0 Å². The Balaban J connectivity index is 1.44. The van der Waals surface area contributed by atoms with Crippen LogP contribution in [-0.2, 0) is 11.2 Å². The molecular weight excluding hydrogens is 334 g/mol. The van der Waals surface area contributed by atoms with Crippen molar-refractivity contribution in [1.82, 2.24) is 10.1 Å². The van der Waals surface area contributed by atoms with Crippen LogP contribution in [-0.4, -0.2) is 43.4 Å². The maximum Gasteiger partial charge on any atom is 0.337 e. The second kappa shape index (κ2) is 6.97. The molecule has 7 heteroatoms. The summed E-state index contributed by atoms with van der Waals surface area (Å²) in [4.78, 5) is 18.5. The molecule has 1 saturated heterocycles. The lowest BCUT2D eigenvalue weighted by molar-refractivity contribution is 0.0600. The first kappa shape index (κ1) is 16.9. The van der Waals surface area contributed by atoms with Crippen molar-refractivity contribution in [3.8, 4) is 5.75 Å². The molecule has 0 amide bonds. The van der Waals surface area contributed by atoms with E-state index in [1.165, 1.54) is 7.11 Å². The molecule has 0 radical (unpaired) electrons. The number of carbonyl (C=O) groups is 1. The summed E-state index contributed by atoms with van der Waals surface area (Å²) in [6.07, 6.45) is 4.18. The van der Waals surface area contributed by atoms with Gasteiger partial charge >= 0.3 is 5.97 Å². The van der Waals surface area contributed by atoms with E-state index >= 15 is 0 Å². The summed E-state index contributed by atoms with van der Waals surface area (Å²) in [7, 11) is 3.04. The van der Waals surface area contributed by atoms with Gasteiger partial charge in [0.25, 0.3) is 5.95 Å². The maximum absolute atomic E-state index is 11.8. The van der Waals surface area contributed by atoms with Crippen LogP contribution in [0.4, 0.5) is 5.95 Å². The predicted molar refractivity (Wildman–Crippen MR) is 94.6 cm³/mol. The van der Waals surface area contributed by atoms with Crippen LogP contribution in [0, 0.1) is 5.92 Å². The Morgan fingerprint density at radius 3 is 2.88 bits per heavy atom. The summed E-state index contributed by atoms with van der Waals surface area (Å²) in [5.41, 5.74) is 1.57. The molecule has 0 N–H and O–H groups in total. The average molecular weight is 357 g/mol. The summed E-state index contributed by atoms with van der Waals surface area (Å²) in [5.74, 6) is 2.85. The Hall–Kier alpha value is -2.57. The van der Waals surface area contributed by atoms with E-state index in [9.17, 15) is 4.79 Å². The van der Waals surface area contributed by atoms with Crippen molar-refractivity contribution >= 4 is 11.9 Å². The highest BCUT2D eigenvalue weighted by Gasteiger charge is 2.32. The van der Waals surface area contributed by atoms with Crippen molar-refractivity contribution < 1.29 is 18.8 Å². The normalized spacial score (nSPS) is 19.6. The zero-order chi connectivity index (χ0) is 18.1.